The first-order chi connectivity index (χ1) is 16.8. The van der Waals surface area contributed by atoms with Crippen molar-refractivity contribution in [2.75, 3.05) is 37.2 Å². The van der Waals surface area contributed by atoms with Crippen LogP contribution in [0.3, 0.4) is 0 Å². The van der Waals surface area contributed by atoms with Crippen LogP contribution in [0.4, 0.5) is 5.69 Å². The van der Waals surface area contributed by atoms with Crippen LogP contribution in [0.5, 0.6) is 0 Å². The van der Waals surface area contributed by atoms with E-state index in [1.165, 1.54) is 6.26 Å². The molecule has 9 nitrogen and oxygen atoms in total. The van der Waals surface area contributed by atoms with Crippen LogP contribution in [0.25, 0.3) is 0 Å². The van der Waals surface area contributed by atoms with Crippen LogP contribution in [-0.2, 0) is 20.4 Å². The summed E-state index contributed by atoms with van der Waals surface area (Å²) >= 11 is 0. The summed E-state index contributed by atoms with van der Waals surface area (Å²) in [4.78, 5) is 40.6. The lowest BCUT2D eigenvalue weighted by Crippen LogP contribution is -2.50. The molecule has 2 heterocycles. The van der Waals surface area contributed by atoms with Crippen molar-refractivity contribution >= 4 is 33.2 Å². The van der Waals surface area contributed by atoms with Gasteiger partial charge in [0.05, 0.1) is 12.0 Å². The van der Waals surface area contributed by atoms with Crippen molar-refractivity contribution < 1.29 is 27.2 Å². The Morgan fingerprint density at radius 1 is 0.800 bits per heavy atom. The minimum Gasteiger partial charge on any atom is -0.459 e. The molecule has 1 saturated heterocycles. The zero-order valence-electron chi connectivity index (χ0n) is 18.9. The monoisotopic (exact) mass is 495 g/mol. The quantitative estimate of drug-likeness (QED) is 0.538. The lowest BCUT2D eigenvalue weighted by molar-refractivity contribution is -0.113. The Balaban J connectivity index is 1.29. The second-order valence-corrected chi connectivity index (χ2v) is 10.3. The number of nitrogens with one attached hydrogen (secondary N) is 1. The molecule has 0 atom stereocenters. The molecule has 1 N–H and O–H groups in total. The van der Waals surface area contributed by atoms with Crippen molar-refractivity contribution in [3.05, 3.63) is 89.9 Å². The van der Waals surface area contributed by atoms with E-state index in [2.05, 4.69) is 5.32 Å². The average Bonchev–Trinajstić information content (AvgIpc) is 3.39. The molecule has 1 aromatic heterocycles. The van der Waals surface area contributed by atoms with Crippen LogP contribution in [-0.4, -0.2) is 67.9 Å². The summed E-state index contributed by atoms with van der Waals surface area (Å²) < 4.78 is 30.1. The van der Waals surface area contributed by atoms with Gasteiger partial charge in [-0.25, -0.2) is 8.42 Å². The van der Waals surface area contributed by atoms with Crippen molar-refractivity contribution in [2.24, 2.45) is 0 Å². The molecule has 1 aliphatic rings. The Bertz CT molecular complexity index is 1280. The van der Waals surface area contributed by atoms with Gasteiger partial charge in [-0.15, -0.1) is 0 Å². The molecule has 0 aliphatic carbocycles. The number of piperazine rings is 1. The van der Waals surface area contributed by atoms with Gasteiger partial charge in [-0.1, -0.05) is 30.3 Å². The van der Waals surface area contributed by atoms with Gasteiger partial charge in [0.15, 0.2) is 15.6 Å². The second-order valence-electron chi connectivity index (χ2n) is 8.21. The molecule has 0 saturated carbocycles. The van der Waals surface area contributed by atoms with Crippen LogP contribution >= 0.6 is 0 Å². The predicted octanol–water partition coefficient (Wildman–Crippen LogP) is 2.43. The van der Waals surface area contributed by atoms with Gasteiger partial charge in [0.1, 0.15) is 5.75 Å². The highest BCUT2D eigenvalue weighted by molar-refractivity contribution is 7.91. The number of rotatable bonds is 7. The highest BCUT2D eigenvalue weighted by Crippen LogP contribution is 2.15. The van der Waals surface area contributed by atoms with Gasteiger partial charge in [-0.2, -0.15) is 0 Å². The highest BCUT2D eigenvalue weighted by Gasteiger charge is 2.26. The molecule has 4 rings (SSSR count). The molecular formula is C25H25N3O6S. The number of nitrogens with zero attached hydrogens (tertiary/aromatic N) is 2. The molecule has 182 valence electrons. The minimum absolute atomic E-state index is 0.188. The fourth-order valence-electron chi connectivity index (χ4n) is 3.82. The molecule has 0 spiro atoms. The van der Waals surface area contributed by atoms with Gasteiger partial charge in [-0.3, -0.25) is 14.4 Å². The second kappa shape index (κ2) is 10.6. The topological polar surface area (TPSA) is 117 Å². The molecule has 2 aromatic carbocycles. The maximum Gasteiger partial charge on any atom is 0.289 e. The maximum absolute atomic E-state index is 12.9. The first-order valence-corrected chi connectivity index (χ1v) is 12.9. The number of amides is 3. The summed E-state index contributed by atoms with van der Waals surface area (Å²) in [5.41, 5.74) is 1.45. The summed E-state index contributed by atoms with van der Waals surface area (Å²) in [5, 5.41) is 2.56. The van der Waals surface area contributed by atoms with E-state index >= 15 is 0 Å². The Hall–Kier alpha value is -3.92. The Morgan fingerprint density at radius 3 is 2.03 bits per heavy atom. The van der Waals surface area contributed by atoms with Gasteiger partial charge in [0, 0.05) is 37.4 Å². The summed E-state index contributed by atoms with van der Waals surface area (Å²) in [6.45, 7) is 1.56. The minimum atomic E-state index is -3.69. The first kappa shape index (κ1) is 24.2. The number of hydrogen-bond donors (Lipinski definition) is 1. The largest absolute Gasteiger partial charge is 0.459 e. The number of benzene rings is 2. The molecule has 1 aliphatic heterocycles. The Morgan fingerprint density at radius 2 is 1.43 bits per heavy atom. The summed E-state index contributed by atoms with van der Waals surface area (Å²) in [6, 6.07) is 18.2. The lowest BCUT2D eigenvalue weighted by atomic mass is 10.1. The van der Waals surface area contributed by atoms with Crippen LogP contribution in [0.2, 0.25) is 0 Å². The van der Waals surface area contributed by atoms with E-state index in [1.807, 2.05) is 0 Å². The molecular weight excluding hydrogens is 470 g/mol. The molecule has 0 bridgehead atoms. The number of carbonyl (C=O) groups is 3. The molecule has 35 heavy (non-hydrogen) atoms. The summed E-state index contributed by atoms with van der Waals surface area (Å²) in [6.07, 6.45) is 1.45. The normalized spacial score (nSPS) is 13.9. The van der Waals surface area contributed by atoms with Crippen molar-refractivity contribution in [1.82, 2.24) is 9.80 Å². The zero-order chi connectivity index (χ0) is 24.8. The molecule has 0 radical (unpaired) electrons. The van der Waals surface area contributed by atoms with Crippen LogP contribution in [0, 0.1) is 0 Å². The summed E-state index contributed by atoms with van der Waals surface area (Å²) in [7, 11) is -3.69. The van der Waals surface area contributed by atoms with Crippen LogP contribution in [0.15, 0.2) is 77.4 Å². The van der Waals surface area contributed by atoms with E-state index in [4.69, 9.17) is 4.42 Å². The maximum atomic E-state index is 12.9. The van der Waals surface area contributed by atoms with E-state index in [-0.39, 0.29) is 23.3 Å². The molecule has 3 amide bonds. The zero-order valence-corrected chi connectivity index (χ0v) is 19.7. The lowest BCUT2D eigenvalue weighted by Gasteiger charge is -2.34. The third kappa shape index (κ3) is 6.36. The van der Waals surface area contributed by atoms with Gasteiger partial charge < -0.3 is 19.5 Å². The SMILES string of the molecule is O=C(CS(=O)(=O)Cc1ccc(C(=O)N2CCN(C(=O)c3ccco3)CC2)cc1)Nc1ccccc1. The highest BCUT2D eigenvalue weighted by atomic mass is 32.2. The first-order valence-electron chi connectivity index (χ1n) is 11.1. The molecule has 0 unspecified atom stereocenters. The number of para-hydroxylation sites is 1. The average molecular weight is 496 g/mol. The third-order valence-electron chi connectivity index (χ3n) is 5.58. The van der Waals surface area contributed by atoms with Gasteiger partial charge in [0.25, 0.3) is 11.8 Å². The van der Waals surface area contributed by atoms with E-state index < -0.39 is 21.5 Å². The van der Waals surface area contributed by atoms with Crippen molar-refractivity contribution in [3.8, 4) is 0 Å². The Labute approximate surface area is 203 Å². The van der Waals surface area contributed by atoms with E-state index in [1.54, 1.807) is 76.5 Å². The number of carbonyl (C=O) groups excluding carboxylic acids is 3. The number of hydrogen-bond acceptors (Lipinski definition) is 6. The van der Waals surface area contributed by atoms with Crippen LogP contribution < -0.4 is 5.32 Å². The van der Waals surface area contributed by atoms with Gasteiger partial charge in [0.2, 0.25) is 5.91 Å². The van der Waals surface area contributed by atoms with E-state index in [0.29, 0.717) is 43.0 Å². The predicted molar refractivity (Wildman–Crippen MR) is 130 cm³/mol. The van der Waals surface area contributed by atoms with Crippen LogP contribution in [0.1, 0.15) is 26.5 Å². The third-order valence-corrected chi connectivity index (χ3v) is 7.06. The van der Waals surface area contributed by atoms with Gasteiger partial charge in [-0.05, 0) is 42.0 Å². The fraction of sp³-hybridized carbons (Fsp3) is 0.240. The fourth-order valence-corrected chi connectivity index (χ4v) is 5.09. The standard InChI is InChI=1S/C25H25N3O6S/c29-23(26-21-5-2-1-3-6-21)18-35(32,33)17-19-8-10-20(11-9-19)24(30)27-12-14-28(15-13-27)25(31)22-7-4-16-34-22/h1-11,16H,12-15,17-18H2,(H,26,29). The molecule has 3 aromatic rings. The molecule has 10 heteroatoms. The van der Waals surface area contributed by atoms with Crippen molar-refractivity contribution in [3.63, 3.8) is 0 Å². The van der Waals surface area contributed by atoms with E-state index in [9.17, 15) is 22.8 Å². The van der Waals surface area contributed by atoms with Crippen molar-refractivity contribution in [2.45, 2.75) is 5.75 Å². The smallest absolute Gasteiger partial charge is 0.289 e. The Kier molecular flexibility index (Phi) is 7.31. The van der Waals surface area contributed by atoms with E-state index in [0.717, 1.165) is 0 Å². The number of anilines is 1. The van der Waals surface area contributed by atoms with Gasteiger partial charge >= 0.3 is 0 Å². The number of furan rings is 1. The molecule has 1 fully saturated rings. The number of sulfone groups is 1. The van der Waals surface area contributed by atoms with Crippen molar-refractivity contribution in [1.29, 1.82) is 0 Å². The summed E-state index contributed by atoms with van der Waals surface area (Å²) in [5.74, 6) is -1.67.